The zero-order valence-corrected chi connectivity index (χ0v) is 20.6. The normalized spacial score (nSPS) is 14.5. The Morgan fingerprint density at radius 2 is 1.95 bits per heavy atom. The summed E-state index contributed by atoms with van der Waals surface area (Å²) >= 11 is 1.32. The van der Waals surface area contributed by atoms with Gasteiger partial charge in [0, 0.05) is 55.1 Å². The predicted octanol–water partition coefficient (Wildman–Crippen LogP) is 3.35. The van der Waals surface area contributed by atoms with E-state index in [0.717, 1.165) is 0 Å². The highest BCUT2D eigenvalue weighted by Gasteiger charge is 2.27. The van der Waals surface area contributed by atoms with Crippen molar-refractivity contribution in [1.82, 2.24) is 15.2 Å². The molecule has 192 valence electrons. The third kappa shape index (κ3) is 6.28. The lowest BCUT2D eigenvalue weighted by molar-refractivity contribution is -0.384. The number of nitro groups is 1. The van der Waals surface area contributed by atoms with E-state index in [1.54, 1.807) is 40.7 Å². The number of nitrogens with zero attached hydrogens (tertiary/aromatic N) is 4. The van der Waals surface area contributed by atoms with Gasteiger partial charge >= 0.3 is 5.97 Å². The van der Waals surface area contributed by atoms with E-state index >= 15 is 0 Å². The molecule has 2 N–H and O–H groups in total. The molecule has 37 heavy (non-hydrogen) atoms. The van der Waals surface area contributed by atoms with Gasteiger partial charge in [-0.05, 0) is 42.1 Å². The number of thiophene rings is 1. The minimum atomic E-state index is -1.07. The molecule has 0 bridgehead atoms. The number of benzene rings is 1. The summed E-state index contributed by atoms with van der Waals surface area (Å²) in [5, 5.41) is 25.6. The Kier molecular flexibility index (Phi) is 8.08. The number of aliphatic carboxylic acids is 1. The van der Waals surface area contributed by atoms with Gasteiger partial charge in [0.1, 0.15) is 5.69 Å². The largest absolute Gasteiger partial charge is 0.481 e. The van der Waals surface area contributed by atoms with Crippen LogP contribution in [0.4, 0.5) is 11.4 Å². The maximum Gasteiger partial charge on any atom is 0.305 e. The predicted molar refractivity (Wildman–Crippen MR) is 137 cm³/mol. The second-order valence-corrected chi connectivity index (χ2v) is 9.45. The van der Waals surface area contributed by atoms with E-state index in [1.165, 1.54) is 35.7 Å². The number of carbonyl (C=O) groups excluding carboxylic acids is 2. The van der Waals surface area contributed by atoms with Crippen molar-refractivity contribution in [2.45, 2.75) is 18.9 Å². The Bertz CT molecular complexity index is 1280. The van der Waals surface area contributed by atoms with E-state index in [1.807, 2.05) is 4.90 Å². The van der Waals surface area contributed by atoms with Gasteiger partial charge < -0.3 is 20.2 Å². The molecule has 2 amide bonds. The van der Waals surface area contributed by atoms with Gasteiger partial charge in [-0.1, -0.05) is 6.07 Å². The number of anilines is 1. The van der Waals surface area contributed by atoms with Crippen molar-refractivity contribution in [2.24, 2.45) is 0 Å². The van der Waals surface area contributed by atoms with Crippen LogP contribution in [0.15, 0.2) is 60.2 Å². The smallest absolute Gasteiger partial charge is 0.305 e. The van der Waals surface area contributed by atoms with Crippen molar-refractivity contribution in [1.29, 1.82) is 0 Å². The third-order valence-electron chi connectivity index (χ3n) is 6.04. The topological polar surface area (TPSA) is 146 Å². The lowest BCUT2D eigenvalue weighted by Crippen LogP contribution is -2.35. The molecule has 0 saturated carbocycles. The highest BCUT2D eigenvalue weighted by Crippen LogP contribution is 2.31. The standard InChI is InChI=1S/C25H25N5O6S/c31-23(32)15-19(22-5-2-13-37-22)27-24(33)17-6-7-20(21(14-17)30(35)36)28-9-3-10-29(12-11-28)25(34)18-4-1-8-26-16-18/h1-2,4-8,13-14,16,19H,3,9-12,15H2,(H,27,33)(H,31,32). The van der Waals surface area contributed by atoms with Gasteiger partial charge in [0.15, 0.2) is 0 Å². The van der Waals surface area contributed by atoms with E-state index in [9.17, 15) is 29.6 Å². The summed E-state index contributed by atoms with van der Waals surface area (Å²) in [7, 11) is 0. The monoisotopic (exact) mass is 523 g/mol. The molecular formula is C25H25N5O6S. The minimum absolute atomic E-state index is 0.0607. The number of carbonyl (C=O) groups is 3. The van der Waals surface area contributed by atoms with Gasteiger partial charge in [-0.15, -0.1) is 11.3 Å². The number of hydrogen-bond donors (Lipinski definition) is 2. The summed E-state index contributed by atoms with van der Waals surface area (Å²) in [6, 6.07) is 10.4. The van der Waals surface area contributed by atoms with Crippen molar-refractivity contribution in [2.75, 3.05) is 31.1 Å². The molecule has 0 aliphatic carbocycles. The average Bonchev–Trinajstić information content (AvgIpc) is 3.32. The number of carboxylic acids is 1. The van der Waals surface area contributed by atoms with Gasteiger partial charge in [-0.2, -0.15) is 0 Å². The fraction of sp³-hybridized carbons (Fsp3) is 0.280. The summed E-state index contributed by atoms with van der Waals surface area (Å²) < 4.78 is 0. The molecule has 1 saturated heterocycles. The summed E-state index contributed by atoms with van der Waals surface area (Å²) in [5.41, 5.74) is 0.676. The molecule has 0 radical (unpaired) electrons. The number of rotatable bonds is 8. The van der Waals surface area contributed by atoms with Crippen LogP contribution in [0.3, 0.4) is 0 Å². The molecule has 12 heteroatoms. The number of carboxylic acid groups (broad SMARTS) is 1. The molecule has 1 aliphatic heterocycles. The Balaban J connectivity index is 1.50. The first-order chi connectivity index (χ1) is 17.8. The van der Waals surface area contributed by atoms with Crippen molar-refractivity contribution in [3.63, 3.8) is 0 Å². The Hall–Kier alpha value is -4.32. The van der Waals surface area contributed by atoms with Crippen LogP contribution in [0.2, 0.25) is 0 Å². The van der Waals surface area contributed by atoms with Crippen LogP contribution in [0, 0.1) is 10.1 Å². The van der Waals surface area contributed by atoms with E-state index in [-0.39, 0.29) is 23.6 Å². The van der Waals surface area contributed by atoms with Gasteiger partial charge in [0.05, 0.1) is 22.9 Å². The van der Waals surface area contributed by atoms with E-state index in [0.29, 0.717) is 48.7 Å². The Morgan fingerprint density at radius 1 is 1.11 bits per heavy atom. The fourth-order valence-corrected chi connectivity index (χ4v) is 5.02. The molecule has 0 spiro atoms. The lowest BCUT2D eigenvalue weighted by Gasteiger charge is -2.24. The maximum absolute atomic E-state index is 12.9. The first-order valence-corrected chi connectivity index (χ1v) is 12.5. The molecule has 1 atom stereocenters. The van der Waals surface area contributed by atoms with Crippen LogP contribution in [-0.2, 0) is 4.79 Å². The first kappa shape index (κ1) is 25.8. The van der Waals surface area contributed by atoms with Gasteiger partial charge in [0.25, 0.3) is 17.5 Å². The van der Waals surface area contributed by atoms with Crippen LogP contribution in [0.1, 0.15) is 44.5 Å². The zero-order chi connectivity index (χ0) is 26.4. The highest BCUT2D eigenvalue weighted by molar-refractivity contribution is 7.10. The fourth-order valence-electron chi connectivity index (χ4n) is 4.24. The number of aromatic nitrogens is 1. The van der Waals surface area contributed by atoms with Crippen LogP contribution < -0.4 is 10.2 Å². The van der Waals surface area contributed by atoms with Crippen molar-refractivity contribution < 1.29 is 24.4 Å². The highest BCUT2D eigenvalue weighted by atomic mass is 32.1. The molecule has 2 aromatic heterocycles. The first-order valence-electron chi connectivity index (χ1n) is 11.6. The molecular weight excluding hydrogens is 498 g/mol. The zero-order valence-electron chi connectivity index (χ0n) is 19.8. The van der Waals surface area contributed by atoms with Crippen LogP contribution in [-0.4, -0.2) is 63.9 Å². The summed E-state index contributed by atoms with van der Waals surface area (Å²) in [6.07, 6.45) is 3.41. The number of nitro benzene ring substituents is 1. The molecule has 1 unspecified atom stereocenters. The van der Waals surface area contributed by atoms with Crippen molar-refractivity contribution in [3.05, 3.63) is 86.4 Å². The molecule has 1 fully saturated rings. The van der Waals surface area contributed by atoms with Crippen LogP contribution >= 0.6 is 11.3 Å². The number of nitrogens with one attached hydrogen (secondary N) is 1. The lowest BCUT2D eigenvalue weighted by atomic mass is 10.1. The van der Waals surface area contributed by atoms with E-state index in [2.05, 4.69) is 10.3 Å². The number of pyridine rings is 1. The van der Waals surface area contributed by atoms with E-state index in [4.69, 9.17) is 0 Å². The second kappa shape index (κ2) is 11.6. The summed E-state index contributed by atoms with van der Waals surface area (Å²) in [4.78, 5) is 56.6. The molecule has 1 aromatic carbocycles. The summed E-state index contributed by atoms with van der Waals surface area (Å²) in [5.74, 6) is -1.81. The second-order valence-electron chi connectivity index (χ2n) is 8.47. The Labute approximate surface area is 216 Å². The molecule has 11 nitrogen and oxygen atoms in total. The van der Waals surface area contributed by atoms with Crippen molar-refractivity contribution >= 4 is 40.5 Å². The summed E-state index contributed by atoms with van der Waals surface area (Å²) in [6.45, 7) is 1.77. The average molecular weight is 524 g/mol. The minimum Gasteiger partial charge on any atom is -0.481 e. The van der Waals surface area contributed by atoms with Gasteiger partial charge in [-0.3, -0.25) is 29.5 Å². The molecule has 3 aromatic rings. The molecule has 3 heterocycles. The Morgan fingerprint density at radius 3 is 2.62 bits per heavy atom. The number of amides is 2. The third-order valence-corrected chi connectivity index (χ3v) is 7.02. The number of hydrogen-bond acceptors (Lipinski definition) is 8. The van der Waals surface area contributed by atoms with Crippen LogP contribution in [0.25, 0.3) is 0 Å². The quantitative estimate of drug-likeness (QED) is 0.338. The van der Waals surface area contributed by atoms with Crippen molar-refractivity contribution in [3.8, 4) is 0 Å². The molecule has 1 aliphatic rings. The van der Waals surface area contributed by atoms with E-state index < -0.39 is 22.8 Å². The maximum atomic E-state index is 12.9. The molecule has 4 rings (SSSR count). The van der Waals surface area contributed by atoms with Gasteiger partial charge in [0.2, 0.25) is 0 Å². The van der Waals surface area contributed by atoms with Crippen LogP contribution in [0.5, 0.6) is 0 Å². The SMILES string of the molecule is O=C(O)CC(NC(=O)c1ccc(N2CCCN(C(=O)c3cccnc3)CC2)c([N+](=O)[O-])c1)c1cccs1. The van der Waals surface area contributed by atoms with Gasteiger partial charge in [-0.25, -0.2) is 0 Å².